The largest absolute Gasteiger partial charge is 0.325 e. The maximum atomic E-state index is 13.4. The van der Waals surface area contributed by atoms with Crippen LogP contribution in [0, 0.1) is 22.9 Å². The van der Waals surface area contributed by atoms with Gasteiger partial charge in [-0.1, -0.05) is 41.6 Å². The number of nitro benzene ring substituents is 1. The van der Waals surface area contributed by atoms with Crippen molar-refractivity contribution in [2.24, 2.45) is 0 Å². The monoisotopic (exact) mass is 427 g/mol. The average Bonchev–Trinajstić information content (AvgIpc) is 3.10. The number of nitrogens with one attached hydrogen (secondary N) is 1. The fourth-order valence-electron chi connectivity index (χ4n) is 2.74. The van der Waals surface area contributed by atoms with Crippen LogP contribution >= 0.6 is 11.8 Å². The van der Waals surface area contributed by atoms with Gasteiger partial charge in [-0.05, 0) is 25.1 Å². The summed E-state index contributed by atoms with van der Waals surface area (Å²) in [5.74, 6) is -0.718. The molecule has 154 valence electrons. The van der Waals surface area contributed by atoms with E-state index in [9.17, 15) is 19.3 Å². The van der Waals surface area contributed by atoms with Crippen molar-refractivity contribution >= 4 is 29.0 Å². The summed E-state index contributed by atoms with van der Waals surface area (Å²) in [4.78, 5) is 22.3. The van der Waals surface area contributed by atoms with Gasteiger partial charge in [0.15, 0.2) is 11.0 Å². The zero-order valence-corrected chi connectivity index (χ0v) is 16.9. The lowest BCUT2D eigenvalue weighted by molar-refractivity contribution is -0.387. The summed E-state index contributed by atoms with van der Waals surface area (Å²) in [6.07, 6.45) is 1.71. The molecule has 2 aromatic carbocycles. The minimum Gasteiger partial charge on any atom is -0.325 e. The number of aromatic nitrogens is 3. The van der Waals surface area contributed by atoms with Crippen LogP contribution < -0.4 is 5.32 Å². The quantitative estimate of drug-likeness (QED) is 0.250. The fourth-order valence-corrected chi connectivity index (χ4v) is 3.49. The molecular weight excluding hydrogens is 409 g/mol. The Morgan fingerprint density at radius 2 is 2.13 bits per heavy atom. The molecule has 0 saturated carbocycles. The Bertz CT molecular complexity index is 1120. The molecule has 0 aliphatic heterocycles. The first-order chi connectivity index (χ1) is 14.4. The van der Waals surface area contributed by atoms with Gasteiger partial charge in [0.2, 0.25) is 11.7 Å². The number of benzene rings is 2. The summed E-state index contributed by atoms with van der Waals surface area (Å²) in [5.41, 5.74) is 1.43. The van der Waals surface area contributed by atoms with Crippen LogP contribution in [0.4, 0.5) is 15.8 Å². The molecule has 30 heavy (non-hydrogen) atoms. The second-order valence-corrected chi connectivity index (χ2v) is 7.28. The SMILES string of the molecule is C=CCn1c(SCC(=O)Nc2ccc(F)c([N+](=O)[O-])c2)nnc1-c1cccc(C)c1. The van der Waals surface area contributed by atoms with Gasteiger partial charge in [-0.25, -0.2) is 0 Å². The van der Waals surface area contributed by atoms with E-state index < -0.39 is 22.3 Å². The highest BCUT2D eigenvalue weighted by molar-refractivity contribution is 7.99. The van der Waals surface area contributed by atoms with Crippen molar-refractivity contribution in [3.8, 4) is 11.4 Å². The van der Waals surface area contributed by atoms with Crippen molar-refractivity contribution in [2.45, 2.75) is 18.6 Å². The highest BCUT2D eigenvalue weighted by Gasteiger charge is 2.17. The number of nitrogens with zero attached hydrogens (tertiary/aromatic N) is 4. The summed E-state index contributed by atoms with van der Waals surface area (Å²) < 4.78 is 15.3. The van der Waals surface area contributed by atoms with E-state index in [4.69, 9.17) is 0 Å². The Morgan fingerprint density at radius 3 is 2.83 bits per heavy atom. The van der Waals surface area contributed by atoms with Crippen molar-refractivity contribution < 1.29 is 14.1 Å². The first-order valence-electron chi connectivity index (χ1n) is 8.86. The lowest BCUT2D eigenvalue weighted by atomic mass is 10.1. The zero-order chi connectivity index (χ0) is 21.7. The highest BCUT2D eigenvalue weighted by Crippen LogP contribution is 2.26. The van der Waals surface area contributed by atoms with Crippen molar-refractivity contribution in [2.75, 3.05) is 11.1 Å². The third-order valence-electron chi connectivity index (χ3n) is 4.06. The normalized spacial score (nSPS) is 10.6. The van der Waals surface area contributed by atoms with Crippen LogP contribution in [-0.4, -0.2) is 31.3 Å². The summed E-state index contributed by atoms with van der Waals surface area (Å²) in [6, 6.07) is 11.0. The van der Waals surface area contributed by atoms with E-state index in [0.29, 0.717) is 17.5 Å². The third-order valence-corrected chi connectivity index (χ3v) is 5.03. The number of carbonyl (C=O) groups is 1. The number of halogens is 1. The molecule has 1 N–H and O–H groups in total. The van der Waals surface area contributed by atoms with Gasteiger partial charge in [-0.3, -0.25) is 19.5 Å². The van der Waals surface area contributed by atoms with Gasteiger partial charge in [0.25, 0.3) is 0 Å². The first-order valence-corrected chi connectivity index (χ1v) is 9.85. The van der Waals surface area contributed by atoms with E-state index >= 15 is 0 Å². The molecule has 0 spiro atoms. The Balaban J connectivity index is 1.72. The van der Waals surface area contributed by atoms with E-state index in [1.165, 1.54) is 17.8 Å². The van der Waals surface area contributed by atoms with Gasteiger partial charge < -0.3 is 5.32 Å². The maximum Gasteiger partial charge on any atom is 0.306 e. The molecule has 0 bridgehead atoms. The number of allylic oxidation sites excluding steroid dienone is 1. The van der Waals surface area contributed by atoms with Gasteiger partial charge in [-0.15, -0.1) is 16.8 Å². The van der Waals surface area contributed by atoms with Gasteiger partial charge in [-0.2, -0.15) is 4.39 Å². The number of nitro groups is 1. The van der Waals surface area contributed by atoms with Gasteiger partial charge in [0.05, 0.1) is 10.7 Å². The lowest BCUT2D eigenvalue weighted by Gasteiger charge is -2.09. The Hall–Kier alpha value is -3.53. The molecule has 1 amide bonds. The molecule has 0 unspecified atom stereocenters. The van der Waals surface area contributed by atoms with Gasteiger partial charge >= 0.3 is 5.69 Å². The maximum absolute atomic E-state index is 13.4. The number of rotatable bonds is 8. The zero-order valence-electron chi connectivity index (χ0n) is 16.0. The standard InChI is InChI=1S/C20H18FN5O3S/c1-3-9-25-19(14-6-4-5-13(2)10-14)23-24-20(25)30-12-18(27)22-15-7-8-16(21)17(11-15)26(28)29/h3-8,10-11H,1,9,12H2,2H3,(H,22,27). The molecule has 0 saturated heterocycles. The minimum absolute atomic E-state index is 0.00569. The predicted octanol–water partition coefficient (Wildman–Crippen LogP) is 4.22. The molecule has 1 heterocycles. The second kappa shape index (κ2) is 9.31. The van der Waals surface area contributed by atoms with Crippen molar-refractivity contribution in [3.05, 3.63) is 76.6 Å². The minimum atomic E-state index is -0.964. The number of anilines is 1. The second-order valence-electron chi connectivity index (χ2n) is 6.34. The number of hydrogen-bond donors (Lipinski definition) is 1. The molecule has 0 atom stereocenters. The number of aryl methyl sites for hydroxylation is 1. The van der Waals surface area contributed by atoms with Crippen LogP contribution in [-0.2, 0) is 11.3 Å². The topological polar surface area (TPSA) is 103 Å². The van der Waals surface area contributed by atoms with Crippen molar-refractivity contribution in [1.82, 2.24) is 14.8 Å². The lowest BCUT2D eigenvalue weighted by Crippen LogP contribution is -2.15. The molecule has 8 nitrogen and oxygen atoms in total. The van der Waals surface area contributed by atoms with Crippen LogP contribution in [0.2, 0.25) is 0 Å². The van der Waals surface area contributed by atoms with Crippen molar-refractivity contribution in [1.29, 1.82) is 0 Å². The average molecular weight is 427 g/mol. The summed E-state index contributed by atoms with van der Waals surface area (Å²) in [7, 11) is 0. The Labute approximate surface area is 176 Å². The molecule has 0 aliphatic carbocycles. The van der Waals surface area contributed by atoms with E-state index in [0.717, 1.165) is 23.3 Å². The Morgan fingerprint density at radius 1 is 1.33 bits per heavy atom. The molecule has 0 radical (unpaired) electrons. The van der Waals surface area contributed by atoms with Crippen LogP contribution in [0.15, 0.2) is 60.3 Å². The van der Waals surface area contributed by atoms with Gasteiger partial charge in [0, 0.05) is 23.9 Å². The fraction of sp³-hybridized carbons (Fsp3) is 0.150. The van der Waals surface area contributed by atoms with E-state index in [2.05, 4.69) is 22.1 Å². The molecular formula is C20H18FN5O3S. The van der Waals surface area contributed by atoms with Crippen LogP contribution in [0.3, 0.4) is 0 Å². The van der Waals surface area contributed by atoms with Crippen LogP contribution in [0.5, 0.6) is 0 Å². The summed E-state index contributed by atoms with van der Waals surface area (Å²) in [5, 5.41) is 22.3. The smallest absolute Gasteiger partial charge is 0.306 e. The molecule has 3 aromatic rings. The molecule has 0 aliphatic rings. The van der Waals surface area contributed by atoms with E-state index in [-0.39, 0.29) is 11.4 Å². The number of carbonyl (C=O) groups excluding carboxylic acids is 1. The summed E-state index contributed by atoms with van der Waals surface area (Å²) in [6.45, 7) is 6.21. The third kappa shape index (κ3) is 4.90. The van der Waals surface area contributed by atoms with Crippen LogP contribution in [0.25, 0.3) is 11.4 Å². The Kier molecular flexibility index (Phi) is 6.58. The molecule has 10 heteroatoms. The van der Waals surface area contributed by atoms with Crippen LogP contribution in [0.1, 0.15) is 5.56 Å². The van der Waals surface area contributed by atoms with Crippen molar-refractivity contribution in [3.63, 3.8) is 0 Å². The first kappa shape index (κ1) is 21.2. The molecule has 3 rings (SSSR count). The highest BCUT2D eigenvalue weighted by atomic mass is 32.2. The van der Waals surface area contributed by atoms with E-state index in [1.54, 1.807) is 6.08 Å². The number of hydrogen-bond acceptors (Lipinski definition) is 6. The predicted molar refractivity (Wildman–Crippen MR) is 113 cm³/mol. The molecule has 1 aromatic heterocycles. The number of thioether (sulfide) groups is 1. The van der Waals surface area contributed by atoms with Gasteiger partial charge in [0.1, 0.15) is 0 Å². The summed E-state index contributed by atoms with van der Waals surface area (Å²) >= 11 is 1.17. The number of amides is 1. The molecule has 0 fully saturated rings. The van der Waals surface area contributed by atoms with E-state index in [1.807, 2.05) is 35.8 Å².